The first-order valence-corrected chi connectivity index (χ1v) is 7.34. The molecule has 0 aromatic heterocycles. The minimum Gasteiger partial charge on any atom is -0.368 e. The van der Waals surface area contributed by atoms with E-state index in [0.29, 0.717) is 5.56 Å². The van der Waals surface area contributed by atoms with Crippen LogP contribution in [0, 0.1) is 10.1 Å². The summed E-state index contributed by atoms with van der Waals surface area (Å²) in [5.41, 5.74) is 6.13. The Morgan fingerprint density at radius 3 is 2.33 bits per heavy atom. The van der Waals surface area contributed by atoms with Crippen molar-refractivity contribution in [2.75, 3.05) is 0 Å². The maximum atomic E-state index is 12.2. The van der Waals surface area contributed by atoms with Gasteiger partial charge in [0.2, 0.25) is 5.91 Å². The van der Waals surface area contributed by atoms with E-state index < -0.39 is 22.8 Å². The highest BCUT2D eigenvalue weighted by Crippen LogP contribution is 2.16. The van der Waals surface area contributed by atoms with Crippen LogP contribution in [0.15, 0.2) is 48.5 Å². The summed E-state index contributed by atoms with van der Waals surface area (Å²) in [6, 6.07) is 11.1. The van der Waals surface area contributed by atoms with Crippen LogP contribution in [0.3, 0.4) is 0 Å². The van der Waals surface area contributed by atoms with Gasteiger partial charge in [0.1, 0.15) is 6.04 Å². The number of nitro groups is 1. The number of amides is 2. The second-order valence-corrected chi connectivity index (χ2v) is 5.44. The fourth-order valence-electron chi connectivity index (χ4n) is 2.09. The SMILES string of the molecule is NC(=O)[C@@H](Cc1ccc([N+](=O)[O-])cc1)NC(=O)c1ccccc1Cl. The molecule has 2 aromatic carbocycles. The van der Waals surface area contributed by atoms with Crippen molar-refractivity contribution in [2.45, 2.75) is 12.5 Å². The summed E-state index contributed by atoms with van der Waals surface area (Å²) < 4.78 is 0. The highest BCUT2D eigenvalue weighted by molar-refractivity contribution is 6.33. The van der Waals surface area contributed by atoms with Crippen molar-refractivity contribution in [1.82, 2.24) is 5.32 Å². The van der Waals surface area contributed by atoms with Gasteiger partial charge in [0.15, 0.2) is 0 Å². The van der Waals surface area contributed by atoms with Crippen LogP contribution in [-0.4, -0.2) is 22.8 Å². The number of carbonyl (C=O) groups is 2. The Morgan fingerprint density at radius 1 is 1.17 bits per heavy atom. The summed E-state index contributed by atoms with van der Waals surface area (Å²) in [5, 5.41) is 13.4. The second kappa shape index (κ2) is 7.56. The van der Waals surface area contributed by atoms with Crippen LogP contribution in [0.1, 0.15) is 15.9 Å². The van der Waals surface area contributed by atoms with Gasteiger partial charge < -0.3 is 11.1 Å². The predicted molar refractivity (Wildman–Crippen MR) is 88.7 cm³/mol. The molecule has 0 unspecified atom stereocenters. The van der Waals surface area contributed by atoms with E-state index in [1.165, 1.54) is 30.3 Å². The molecule has 2 aromatic rings. The first-order chi connectivity index (χ1) is 11.4. The Kier molecular flexibility index (Phi) is 5.49. The van der Waals surface area contributed by atoms with Crippen molar-refractivity contribution < 1.29 is 14.5 Å². The first-order valence-electron chi connectivity index (χ1n) is 6.96. The van der Waals surface area contributed by atoms with E-state index in [1.807, 2.05) is 0 Å². The van der Waals surface area contributed by atoms with Crippen LogP contribution >= 0.6 is 11.6 Å². The third kappa shape index (κ3) is 4.30. The minimum atomic E-state index is -0.963. The summed E-state index contributed by atoms with van der Waals surface area (Å²) in [4.78, 5) is 33.9. The van der Waals surface area contributed by atoms with Gasteiger partial charge in [-0.05, 0) is 17.7 Å². The molecule has 0 saturated heterocycles. The summed E-state index contributed by atoms with van der Waals surface area (Å²) in [6.45, 7) is 0. The van der Waals surface area contributed by atoms with E-state index in [4.69, 9.17) is 17.3 Å². The Morgan fingerprint density at radius 2 is 1.79 bits per heavy atom. The summed E-state index contributed by atoms with van der Waals surface area (Å²) in [6.07, 6.45) is 0.115. The topological polar surface area (TPSA) is 115 Å². The molecule has 2 amide bonds. The number of hydrogen-bond donors (Lipinski definition) is 2. The van der Waals surface area contributed by atoms with Crippen LogP contribution < -0.4 is 11.1 Å². The molecule has 0 aliphatic heterocycles. The first kappa shape index (κ1) is 17.4. The molecular weight excluding hydrogens is 334 g/mol. The Bertz CT molecular complexity index is 777. The van der Waals surface area contributed by atoms with Crippen LogP contribution in [-0.2, 0) is 11.2 Å². The third-order valence-electron chi connectivity index (χ3n) is 3.35. The number of primary amides is 1. The molecule has 0 heterocycles. The number of non-ortho nitro benzene ring substituents is 1. The van der Waals surface area contributed by atoms with E-state index in [-0.39, 0.29) is 22.7 Å². The van der Waals surface area contributed by atoms with Crippen molar-refractivity contribution in [3.63, 3.8) is 0 Å². The van der Waals surface area contributed by atoms with Crippen molar-refractivity contribution >= 4 is 29.1 Å². The molecule has 124 valence electrons. The molecule has 0 saturated carbocycles. The molecule has 0 radical (unpaired) electrons. The van der Waals surface area contributed by atoms with Crippen molar-refractivity contribution in [3.05, 3.63) is 74.8 Å². The number of rotatable bonds is 6. The molecular formula is C16H14ClN3O4. The minimum absolute atomic E-state index is 0.0607. The molecule has 7 nitrogen and oxygen atoms in total. The van der Waals surface area contributed by atoms with Crippen LogP contribution in [0.2, 0.25) is 5.02 Å². The molecule has 0 spiro atoms. The zero-order valence-electron chi connectivity index (χ0n) is 12.4. The fourth-order valence-corrected chi connectivity index (χ4v) is 2.32. The molecule has 0 fully saturated rings. The molecule has 3 N–H and O–H groups in total. The van der Waals surface area contributed by atoms with E-state index in [9.17, 15) is 19.7 Å². The van der Waals surface area contributed by atoms with Gasteiger partial charge in [-0.25, -0.2) is 0 Å². The predicted octanol–water partition coefficient (Wildman–Crippen LogP) is 2.07. The third-order valence-corrected chi connectivity index (χ3v) is 3.68. The molecule has 0 aliphatic rings. The molecule has 1 atom stereocenters. The van der Waals surface area contributed by atoms with E-state index >= 15 is 0 Å². The Hall–Kier alpha value is -2.93. The molecule has 0 bridgehead atoms. The second-order valence-electron chi connectivity index (χ2n) is 5.04. The van der Waals surface area contributed by atoms with E-state index in [0.717, 1.165) is 0 Å². The smallest absolute Gasteiger partial charge is 0.269 e. The molecule has 24 heavy (non-hydrogen) atoms. The normalized spacial score (nSPS) is 11.5. The van der Waals surface area contributed by atoms with Gasteiger partial charge in [0, 0.05) is 18.6 Å². The van der Waals surface area contributed by atoms with Gasteiger partial charge in [-0.3, -0.25) is 19.7 Å². The standard InChI is InChI=1S/C16H14ClN3O4/c17-13-4-2-1-3-12(13)16(22)19-14(15(18)21)9-10-5-7-11(8-6-10)20(23)24/h1-8,14H,9H2,(H2,18,21)(H,19,22)/t14-/m1/s1. The largest absolute Gasteiger partial charge is 0.368 e. The molecule has 0 aliphatic carbocycles. The van der Waals surface area contributed by atoms with Gasteiger partial charge in [-0.15, -0.1) is 0 Å². The summed E-state index contributed by atoms with van der Waals surface area (Å²) in [5.74, 6) is -1.24. The maximum Gasteiger partial charge on any atom is 0.269 e. The number of benzene rings is 2. The lowest BCUT2D eigenvalue weighted by Gasteiger charge is -2.16. The average Bonchev–Trinajstić information content (AvgIpc) is 2.54. The van der Waals surface area contributed by atoms with Crippen LogP contribution in [0.4, 0.5) is 5.69 Å². The quantitative estimate of drug-likeness (QED) is 0.614. The van der Waals surface area contributed by atoms with Crippen molar-refractivity contribution in [1.29, 1.82) is 0 Å². The summed E-state index contributed by atoms with van der Waals surface area (Å²) >= 11 is 5.95. The van der Waals surface area contributed by atoms with Gasteiger partial charge in [0.05, 0.1) is 15.5 Å². The van der Waals surface area contributed by atoms with E-state index in [1.54, 1.807) is 18.2 Å². The number of nitrogens with one attached hydrogen (secondary N) is 1. The number of nitrogens with zero attached hydrogens (tertiary/aromatic N) is 1. The Labute approximate surface area is 142 Å². The molecule has 2 rings (SSSR count). The monoisotopic (exact) mass is 347 g/mol. The maximum absolute atomic E-state index is 12.2. The molecule has 8 heteroatoms. The zero-order valence-corrected chi connectivity index (χ0v) is 13.2. The van der Waals surface area contributed by atoms with Gasteiger partial charge in [-0.1, -0.05) is 35.9 Å². The lowest BCUT2D eigenvalue weighted by atomic mass is 10.0. The van der Waals surface area contributed by atoms with Crippen molar-refractivity contribution in [3.8, 4) is 0 Å². The lowest BCUT2D eigenvalue weighted by Crippen LogP contribution is -2.45. The number of halogens is 1. The fraction of sp³-hybridized carbons (Fsp3) is 0.125. The highest BCUT2D eigenvalue weighted by Gasteiger charge is 2.21. The lowest BCUT2D eigenvalue weighted by molar-refractivity contribution is -0.384. The number of nitrogens with two attached hydrogens (primary N) is 1. The number of nitro benzene ring substituents is 1. The zero-order chi connectivity index (χ0) is 17.7. The van der Waals surface area contributed by atoms with Crippen molar-refractivity contribution in [2.24, 2.45) is 5.73 Å². The number of carbonyl (C=O) groups excluding carboxylic acids is 2. The van der Waals surface area contributed by atoms with Crippen LogP contribution in [0.25, 0.3) is 0 Å². The number of hydrogen-bond acceptors (Lipinski definition) is 4. The highest BCUT2D eigenvalue weighted by atomic mass is 35.5. The summed E-state index contributed by atoms with van der Waals surface area (Å²) in [7, 11) is 0. The average molecular weight is 348 g/mol. The van der Waals surface area contributed by atoms with Gasteiger partial charge >= 0.3 is 0 Å². The van der Waals surface area contributed by atoms with Gasteiger partial charge in [-0.2, -0.15) is 0 Å². The van der Waals surface area contributed by atoms with Gasteiger partial charge in [0.25, 0.3) is 11.6 Å². The Balaban J connectivity index is 2.12. The van der Waals surface area contributed by atoms with E-state index in [2.05, 4.69) is 5.32 Å². The van der Waals surface area contributed by atoms with Crippen LogP contribution in [0.5, 0.6) is 0 Å².